The zero-order chi connectivity index (χ0) is 63.6. The molecule has 0 aliphatic carbocycles. The minimum Gasteiger partial charge on any atom is -0.479 e. The summed E-state index contributed by atoms with van der Waals surface area (Å²) in [5.41, 5.74) is 11.6. The molecule has 0 unspecified atom stereocenters. The first-order valence-electron chi connectivity index (χ1n) is 30.0. The third kappa shape index (κ3) is 15.3. The number of aryl methyl sites for hydroxylation is 4. The number of aliphatic carboxylic acids is 2. The van der Waals surface area contributed by atoms with E-state index in [4.69, 9.17) is 19.4 Å². The molecule has 18 nitrogen and oxygen atoms in total. The molecular weight excluding hydrogens is 1120 g/mol. The number of nitrogens with zero attached hydrogens (tertiary/aromatic N) is 12. The van der Waals surface area contributed by atoms with Gasteiger partial charge in [0, 0.05) is 82.3 Å². The van der Waals surface area contributed by atoms with Crippen LogP contribution >= 0.6 is 0 Å². The van der Waals surface area contributed by atoms with E-state index >= 15 is 0 Å². The van der Waals surface area contributed by atoms with Crippen molar-refractivity contribution in [1.29, 1.82) is 0 Å². The van der Waals surface area contributed by atoms with E-state index in [1.165, 1.54) is 29.1 Å². The van der Waals surface area contributed by atoms with Crippen molar-refractivity contribution in [2.45, 2.75) is 159 Å². The lowest BCUT2D eigenvalue weighted by molar-refractivity contribution is -0.161. The molecule has 2 fully saturated rings. The zero-order valence-electron chi connectivity index (χ0n) is 53.1. The van der Waals surface area contributed by atoms with Gasteiger partial charge < -0.3 is 29.5 Å². The standard InChI is InChI=1S/2C34H41FN6O3/c1-21-27(24-9-8-10-25(19-24)31-37-38-39-41(31)20-23-11-13-26(35)14-12-23)29(40-17-15-34(6,7)16-18-40)28(22(2)36-21)30(32(42)43)44-33(3,4)5;1-21-27(24-9-8-10-25(19-24)31-37-39-41(38-31)20-23-11-13-26(35)14-12-23)29(40-17-15-34(6,7)16-18-40)28(22(2)36-21)30(32(42)43)44-33(3,4)5/h2*8-14,19,30H,15-18,20H2,1-7H3,(H,42,43)/t2*30-/m00/s1. The molecular formula is C68H82F2N12O6. The number of hydrogen-bond acceptors (Lipinski definition) is 14. The van der Waals surface area contributed by atoms with Gasteiger partial charge in [0.2, 0.25) is 5.82 Å². The van der Waals surface area contributed by atoms with Crippen molar-refractivity contribution < 1.29 is 38.1 Å². The molecule has 464 valence electrons. The fourth-order valence-corrected chi connectivity index (χ4v) is 11.6. The van der Waals surface area contributed by atoms with Gasteiger partial charge in [-0.05, 0) is 180 Å². The number of pyridine rings is 2. The third-order valence-electron chi connectivity index (χ3n) is 16.2. The van der Waals surface area contributed by atoms with Gasteiger partial charge in [0.1, 0.15) is 11.6 Å². The van der Waals surface area contributed by atoms with Gasteiger partial charge in [-0.1, -0.05) is 88.4 Å². The molecule has 0 bridgehead atoms. The second kappa shape index (κ2) is 25.8. The average Bonchev–Trinajstić information content (AvgIpc) is 2.39. The summed E-state index contributed by atoms with van der Waals surface area (Å²) in [5.74, 6) is -1.68. The summed E-state index contributed by atoms with van der Waals surface area (Å²) >= 11 is 0. The van der Waals surface area contributed by atoms with Crippen LogP contribution in [-0.4, -0.2) is 110 Å². The highest BCUT2D eigenvalue weighted by molar-refractivity contribution is 5.90. The number of ether oxygens (including phenoxy) is 2. The van der Waals surface area contributed by atoms with Crippen LogP contribution in [0.15, 0.2) is 97.1 Å². The lowest BCUT2D eigenvalue weighted by Gasteiger charge is -2.41. The number of piperidine rings is 2. The molecule has 0 amide bonds. The molecule has 0 saturated carbocycles. The van der Waals surface area contributed by atoms with E-state index in [0.717, 1.165) is 119 Å². The molecule has 4 aromatic carbocycles. The van der Waals surface area contributed by atoms with Crippen LogP contribution in [0.2, 0.25) is 0 Å². The van der Waals surface area contributed by atoms with Crippen molar-refractivity contribution in [3.63, 3.8) is 0 Å². The summed E-state index contributed by atoms with van der Waals surface area (Å²) in [4.78, 5) is 41.4. The van der Waals surface area contributed by atoms with Gasteiger partial charge >= 0.3 is 11.9 Å². The highest BCUT2D eigenvalue weighted by atomic mass is 19.1. The lowest BCUT2D eigenvalue weighted by atomic mass is 9.81. The van der Waals surface area contributed by atoms with Gasteiger partial charge in [-0.15, -0.1) is 15.3 Å². The largest absolute Gasteiger partial charge is 0.479 e. The number of aromatic nitrogens is 10. The predicted molar refractivity (Wildman–Crippen MR) is 336 cm³/mol. The molecule has 10 rings (SSSR count). The number of anilines is 2. The summed E-state index contributed by atoms with van der Waals surface area (Å²) in [5, 5.41) is 46.4. The van der Waals surface area contributed by atoms with Crippen LogP contribution in [0.25, 0.3) is 45.0 Å². The Labute approximate surface area is 514 Å². The Bertz CT molecular complexity index is 3790. The monoisotopic (exact) mass is 1200 g/mol. The molecule has 4 aromatic heterocycles. The molecule has 2 atom stereocenters. The maximum Gasteiger partial charge on any atom is 0.337 e. The number of benzene rings is 4. The smallest absolute Gasteiger partial charge is 0.337 e. The Kier molecular flexibility index (Phi) is 18.8. The van der Waals surface area contributed by atoms with Gasteiger partial charge in [-0.2, -0.15) is 4.80 Å². The molecule has 2 aliphatic heterocycles. The van der Waals surface area contributed by atoms with Crippen LogP contribution < -0.4 is 9.80 Å². The van der Waals surface area contributed by atoms with Crippen molar-refractivity contribution in [3.05, 3.63) is 154 Å². The molecule has 0 spiro atoms. The molecule has 2 saturated heterocycles. The predicted octanol–water partition coefficient (Wildman–Crippen LogP) is 13.5. The number of rotatable bonds is 16. The lowest BCUT2D eigenvalue weighted by Crippen LogP contribution is -2.39. The minimum atomic E-state index is -1.20. The Morgan fingerprint density at radius 2 is 0.966 bits per heavy atom. The van der Waals surface area contributed by atoms with Crippen molar-refractivity contribution in [3.8, 4) is 45.0 Å². The Hall–Kier alpha value is -8.36. The molecule has 8 aromatic rings. The van der Waals surface area contributed by atoms with E-state index in [-0.39, 0.29) is 22.5 Å². The maximum absolute atomic E-state index is 13.5. The molecule has 20 heteroatoms. The first-order chi connectivity index (χ1) is 41.4. The van der Waals surface area contributed by atoms with Gasteiger partial charge in [-0.3, -0.25) is 9.97 Å². The number of halogens is 2. The molecule has 88 heavy (non-hydrogen) atoms. The average molecular weight is 1200 g/mol. The van der Waals surface area contributed by atoms with Gasteiger partial charge in [0.05, 0.1) is 35.7 Å². The summed E-state index contributed by atoms with van der Waals surface area (Å²) in [6.07, 6.45) is 1.52. The van der Waals surface area contributed by atoms with Crippen LogP contribution in [0.5, 0.6) is 0 Å². The summed E-state index contributed by atoms with van der Waals surface area (Å²) < 4.78 is 40.9. The Morgan fingerprint density at radius 1 is 0.557 bits per heavy atom. The highest BCUT2D eigenvalue weighted by Crippen LogP contribution is 2.47. The highest BCUT2D eigenvalue weighted by Gasteiger charge is 2.39. The summed E-state index contributed by atoms with van der Waals surface area (Å²) in [6.45, 7) is 31.8. The number of carboxylic acid groups (broad SMARTS) is 2. The van der Waals surface area contributed by atoms with Gasteiger partial charge in [0.15, 0.2) is 18.0 Å². The first-order valence-corrected chi connectivity index (χ1v) is 30.0. The number of carboxylic acids is 2. The quantitative estimate of drug-likeness (QED) is 0.0920. The summed E-state index contributed by atoms with van der Waals surface area (Å²) in [7, 11) is 0. The van der Waals surface area contributed by atoms with E-state index in [1.54, 1.807) is 28.9 Å². The second-order valence-electron chi connectivity index (χ2n) is 26.8. The van der Waals surface area contributed by atoms with Gasteiger partial charge in [0.25, 0.3) is 0 Å². The first kappa shape index (κ1) is 64.1. The number of tetrazole rings is 2. The number of carbonyl (C=O) groups is 2. The fraction of sp³-hybridized carbons (Fsp3) is 0.441. The van der Waals surface area contributed by atoms with Crippen LogP contribution in [0.4, 0.5) is 20.2 Å². The molecule has 6 heterocycles. The normalized spacial score (nSPS) is 15.8. The van der Waals surface area contributed by atoms with Crippen LogP contribution in [0, 0.1) is 50.2 Å². The van der Waals surface area contributed by atoms with Crippen molar-refractivity contribution in [1.82, 2.24) is 50.4 Å². The van der Waals surface area contributed by atoms with E-state index in [9.17, 15) is 28.6 Å². The maximum atomic E-state index is 13.5. The van der Waals surface area contributed by atoms with Crippen molar-refractivity contribution in [2.75, 3.05) is 36.0 Å². The van der Waals surface area contributed by atoms with E-state index in [0.29, 0.717) is 47.3 Å². The minimum absolute atomic E-state index is 0.198. The second-order valence-corrected chi connectivity index (χ2v) is 26.8. The van der Waals surface area contributed by atoms with Gasteiger partial charge in [-0.25, -0.2) is 23.1 Å². The van der Waals surface area contributed by atoms with Crippen LogP contribution in [0.3, 0.4) is 0 Å². The van der Waals surface area contributed by atoms with E-state index in [1.807, 2.05) is 118 Å². The molecule has 2 aliphatic rings. The topological polar surface area (TPSA) is 213 Å². The van der Waals surface area contributed by atoms with E-state index in [2.05, 4.69) is 68.4 Å². The van der Waals surface area contributed by atoms with Crippen LogP contribution in [0.1, 0.15) is 152 Å². The van der Waals surface area contributed by atoms with Crippen LogP contribution in [-0.2, 0) is 32.2 Å². The zero-order valence-corrected chi connectivity index (χ0v) is 53.1. The SMILES string of the molecule is Cc1nc(C)c([C@H](OC(C)(C)C)C(=O)O)c(N2CCC(C)(C)CC2)c1-c1cccc(-c2nnn(Cc3ccc(F)cc3)n2)c1.Cc1nc(C)c([C@H](OC(C)(C)C)C(=O)O)c(N2CCC(C)(C)CC2)c1-c1cccc(-c2nnnn2Cc2ccc(F)cc2)c1. The van der Waals surface area contributed by atoms with E-state index < -0.39 is 35.3 Å². The summed E-state index contributed by atoms with van der Waals surface area (Å²) in [6, 6.07) is 28.3. The molecule has 2 N–H and O–H groups in total. The fourth-order valence-electron chi connectivity index (χ4n) is 11.6. The Morgan fingerprint density at radius 3 is 1.40 bits per heavy atom. The molecule has 0 radical (unpaired) electrons. The van der Waals surface area contributed by atoms with Crippen molar-refractivity contribution >= 4 is 23.3 Å². The Balaban J connectivity index is 0.000000209. The van der Waals surface area contributed by atoms with Crippen molar-refractivity contribution in [2.24, 2.45) is 10.8 Å². The number of hydrogen-bond donors (Lipinski definition) is 2. The third-order valence-corrected chi connectivity index (χ3v) is 16.2.